The minimum atomic E-state index is -3.65. The summed E-state index contributed by atoms with van der Waals surface area (Å²) in [5.41, 5.74) is 0.500. The van der Waals surface area contributed by atoms with Gasteiger partial charge in [0, 0.05) is 18.8 Å². The summed E-state index contributed by atoms with van der Waals surface area (Å²) in [5.74, 6) is 0.259. The molecule has 1 aromatic rings. The summed E-state index contributed by atoms with van der Waals surface area (Å²) >= 11 is 0. The molecule has 0 unspecified atom stereocenters. The van der Waals surface area contributed by atoms with Crippen LogP contribution in [0.2, 0.25) is 0 Å². The van der Waals surface area contributed by atoms with E-state index in [0.717, 1.165) is 45.2 Å². The van der Waals surface area contributed by atoms with Gasteiger partial charge in [-0.2, -0.15) is 4.31 Å². The third-order valence-electron chi connectivity index (χ3n) is 5.43. The molecule has 0 saturated carbocycles. The number of anilines is 1. The van der Waals surface area contributed by atoms with E-state index >= 15 is 0 Å². The van der Waals surface area contributed by atoms with E-state index < -0.39 is 10.0 Å². The van der Waals surface area contributed by atoms with Crippen LogP contribution in [-0.4, -0.2) is 58.0 Å². The molecule has 0 spiro atoms. The van der Waals surface area contributed by atoms with Gasteiger partial charge in [0.2, 0.25) is 10.0 Å². The van der Waals surface area contributed by atoms with Crippen LogP contribution in [-0.2, 0) is 14.8 Å². The Morgan fingerprint density at radius 2 is 1.79 bits per heavy atom. The van der Waals surface area contributed by atoms with Crippen molar-refractivity contribution in [2.24, 2.45) is 0 Å². The van der Waals surface area contributed by atoms with E-state index in [9.17, 15) is 13.2 Å². The number of piperidine rings is 2. The van der Waals surface area contributed by atoms with Gasteiger partial charge in [-0.25, -0.2) is 8.42 Å². The number of quaternary nitrogens is 1. The third-order valence-corrected chi connectivity index (χ3v) is 7.35. The number of hydrogen-bond acceptors (Lipinski definition) is 4. The van der Waals surface area contributed by atoms with Crippen molar-refractivity contribution in [3.63, 3.8) is 0 Å². The predicted molar refractivity (Wildman–Crippen MR) is 108 cm³/mol. The van der Waals surface area contributed by atoms with Gasteiger partial charge in [0.25, 0.3) is 5.91 Å². The molecule has 0 aromatic heterocycles. The maximum Gasteiger partial charge on any atom is 0.279 e. The monoisotopic (exact) mass is 410 g/mol. The number of likely N-dealkylation sites (tertiary alicyclic amines) is 1. The smallest absolute Gasteiger partial charge is 0.279 e. The highest BCUT2D eigenvalue weighted by molar-refractivity contribution is 7.89. The van der Waals surface area contributed by atoms with E-state index in [1.807, 2.05) is 6.92 Å². The maximum absolute atomic E-state index is 13.2. The predicted octanol–water partition coefficient (Wildman–Crippen LogP) is 1.27. The SMILES string of the molecule is CCOc1ccc(NC(=O)C[NH+]2CCCCC2)cc1S(=O)(=O)N1CCCCC1. The number of rotatable bonds is 7. The summed E-state index contributed by atoms with van der Waals surface area (Å²) < 4.78 is 33.4. The van der Waals surface area contributed by atoms with Crippen molar-refractivity contribution in [2.75, 3.05) is 44.6 Å². The highest BCUT2D eigenvalue weighted by Gasteiger charge is 2.29. The van der Waals surface area contributed by atoms with Crippen LogP contribution in [0.5, 0.6) is 5.75 Å². The number of hydrogen-bond donors (Lipinski definition) is 2. The Morgan fingerprint density at radius 3 is 2.46 bits per heavy atom. The summed E-state index contributed by atoms with van der Waals surface area (Å²) in [4.78, 5) is 13.9. The molecule has 2 fully saturated rings. The average molecular weight is 411 g/mol. The molecule has 2 heterocycles. The molecule has 28 heavy (non-hydrogen) atoms. The topological polar surface area (TPSA) is 80.1 Å². The number of nitrogens with zero attached hydrogens (tertiary/aromatic N) is 1. The summed E-state index contributed by atoms with van der Waals surface area (Å²) in [6.07, 6.45) is 6.35. The highest BCUT2D eigenvalue weighted by Crippen LogP contribution is 2.31. The molecule has 3 rings (SSSR count). The molecule has 0 bridgehead atoms. The number of ether oxygens (including phenoxy) is 1. The van der Waals surface area contributed by atoms with Crippen molar-refractivity contribution in [1.82, 2.24) is 4.31 Å². The van der Waals surface area contributed by atoms with Gasteiger partial charge in [-0.3, -0.25) is 4.79 Å². The Bertz CT molecular complexity index is 770. The van der Waals surface area contributed by atoms with Gasteiger partial charge in [-0.15, -0.1) is 0 Å². The van der Waals surface area contributed by atoms with Crippen molar-refractivity contribution in [1.29, 1.82) is 0 Å². The van der Waals surface area contributed by atoms with Gasteiger partial charge in [0.05, 0.1) is 19.7 Å². The van der Waals surface area contributed by atoms with E-state index in [1.165, 1.54) is 15.6 Å². The molecule has 8 heteroatoms. The van der Waals surface area contributed by atoms with Gasteiger partial charge in [-0.1, -0.05) is 6.42 Å². The molecule has 156 valence electrons. The number of benzene rings is 1. The standard InChI is InChI=1S/C20H31N3O4S/c1-2-27-18-10-9-17(21-20(24)16-22-11-5-3-6-12-22)15-19(18)28(25,26)23-13-7-4-8-14-23/h9-10,15H,2-8,11-14,16H2,1H3,(H,21,24)/p+1. The second kappa shape index (κ2) is 9.71. The van der Waals surface area contributed by atoms with E-state index in [0.29, 0.717) is 37.7 Å². The van der Waals surface area contributed by atoms with Crippen LogP contribution < -0.4 is 15.0 Å². The van der Waals surface area contributed by atoms with Crippen LogP contribution in [0.3, 0.4) is 0 Å². The normalized spacial score (nSPS) is 19.3. The van der Waals surface area contributed by atoms with Crippen molar-refractivity contribution in [3.05, 3.63) is 18.2 Å². The number of sulfonamides is 1. The fraction of sp³-hybridized carbons (Fsp3) is 0.650. The number of amides is 1. The Morgan fingerprint density at radius 1 is 1.11 bits per heavy atom. The van der Waals surface area contributed by atoms with Crippen molar-refractivity contribution < 1.29 is 22.8 Å². The first kappa shape index (κ1) is 21.1. The summed E-state index contributed by atoms with van der Waals surface area (Å²) in [7, 11) is -3.65. The molecule has 2 aliphatic heterocycles. The molecule has 2 N–H and O–H groups in total. The van der Waals surface area contributed by atoms with E-state index in [1.54, 1.807) is 18.2 Å². The minimum Gasteiger partial charge on any atom is -0.492 e. The van der Waals surface area contributed by atoms with Crippen LogP contribution in [0.1, 0.15) is 45.4 Å². The summed E-state index contributed by atoms with van der Waals surface area (Å²) in [6.45, 7) is 5.73. The van der Waals surface area contributed by atoms with Crippen LogP contribution in [0.4, 0.5) is 5.69 Å². The largest absolute Gasteiger partial charge is 0.492 e. The Labute approximate surface area is 168 Å². The fourth-order valence-electron chi connectivity index (χ4n) is 3.97. The Balaban J connectivity index is 1.77. The van der Waals surface area contributed by atoms with Gasteiger partial charge in [-0.05, 0) is 57.2 Å². The van der Waals surface area contributed by atoms with Crippen molar-refractivity contribution in [3.8, 4) is 5.75 Å². The second-order valence-corrected chi connectivity index (χ2v) is 9.50. The lowest BCUT2D eigenvalue weighted by molar-refractivity contribution is -0.896. The number of carbonyl (C=O) groups excluding carboxylic acids is 1. The van der Waals surface area contributed by atoms with Crippen molar-refractivity contribution in [2.45, 2.75) is 50.3 Å². The number of carbonyl (C=O) groups is 1. The Hall–Kier alpha value is -1.64. The molecule has 0 radical (unpaired) electrons. The lowest BCUT2D eigenvalue weighted by Gasteiger charge is -2.27. The van der Waals surface area contributed by atoms with Crippen LogP contribution in [0.15, 0.2) is 23.1 Å². The van der Waals surface area contributed by atoms with Crippen LogP contribution in [0.25, 0.3) is 0 Å². The zero-order chi connectivity index (χ0) is 20.0. The van der Waals surface area contributed by atoms with E-state index in [4.69, 9.17) is 4.74 Å². The molecule has 1 amide bonds. The zero-order valence-electron chi connectivity index (χ0n) is 16.7. The molecule has 2 saturated heterocycles. The molecule has 2 aliphatic rings. The zero-order valence-corrected chi connectivity index (χ0v) is 17.5. The van der Waals surface area contributed by atoms with Crippen molar-refractivity contribution >= 4 is 21.6 Å². The highest BCUT2D eigenvalue weighted by atomic mass is 32.2. The molecule has 0 aliphatic carbocycles. The Kier molecular flexibility index (Phi) is 7.31. The molecular weight excluding hydrogens is 378 g/mol. The third kappa shape index (κ3) is 5.24. The lowest BCUT2D eigenvalue weighted by atomic mass is 10.1. The molecular formula is C20H32N3O4S+. The number of nitrogens with one attached hydrogen (secondary N) is 2. The van der Waals surface area contributed by atoms with Crippen LogP contribution in [0, 0.1) is 0 Å². The maximum atomic E-state index is 13.2. The average Bonchev–Trinajstić information content (AvgIpc) is 2.70. The quantitative estimate of drug-likeness (QED) is 0.709. The first-order chi connectivity index (χ1) is 13.5. The first-order valence-corrected chi connectivity index (χ1v) is 11.8. The molecule has 0 atom stereocenters. The lowest BCUT2D eigenvalue weighted by Crippen LogP contribution is -3.13. The summed E-state index contributed by atoms with van der Waals surface area (Å²) in [5, 5.41) is 2.88. The van der Waals surface area contributed by atoms with Crippen LogP contribution >= 0.6 is 0 Å². The first-order valence-electron chi connectivity index (χ1n) is 10.4. The second-order valence-electron chi connectivity index (χ2n) is 7.59. The fourth-order valence-corrected chi connectivity index (χ4v) is 5.64. The molecule has 7 nitrogen and oxygen atoms in total. The van der Waals surface area contributed by atoms with Gasteiger partial charge >= 0.3 is 0 Å². The van der Waals surface area contributed by atoms with E-state index in [2.05, 4.69) is 5.32 Å². The van der Waals surface area contributed by atoms with E-state index in [-0.39, 0.29) is 10.8 Å². The summed E-state index contributed by atoms with van der Waals surface area (Å²) in [6, 6.07) is 4.89. The minimum absolute atomic E-state index is 0.0811. The van der Waals surface area contributed by atoms with Gasteiger partial charge in [0.15, 0.2) is 6.54 Å². The molecule has 1 aromatic carbocycles. The van der Waals surface area contributed by atoms with Gasteiger partial charge in [0.1, 0.15) is 10.6 Å². The van der Waals surface area contributed by atoms with Gasteiger partial charge < -0.3 is 15.0 Å².